The molecule has 0 fully saturated rings. The van der Waals surface area contributed by atoms with Crippen LogP contribution in [-0.4, -0.2) is 24.3 Å². The smallest absolute Gasteiger partial charge is 0.260 e. The van der Waals surface area contributed by atoms with Crippen LogP contribution in [0.4, 0.5) is 0 Å². The van der Waals surface area contributed by atoms with Gasteiger partial charge in [0.2, 0.25) is 0 Å². The molecule has 16 heavy (non-hydrogen) atoms. The number of nitrogens with zero attached hydrogens (tertiary/aromatic N) is 1. The van der Waals surface area contributed by atoms with Gasteiger partial charge in [-0.3, -0.25) is 4.79 Å². The second-order valence-corrected chi connectivity index (χ2v) is 4.60. The van der Waals surface area contributed by atoms with Crippen LogP contribution in [0.1, 0.15) is 25.6 Å². The Morgan fingerprint density at radius 2 is 2.38 bits per heavy atom. The summed E-state index contributed by atoms with van der Waals surface area (Å²) < 4.78 is 0. The molecule has 0 atom stereocenters. The van der Waals surface area contributed by atoms with E-state index in [4.69, 9.17) is 4.84 Å². The predicted octanol–water partition coefficient (Wildman–Crippen LogP) is 2.01. The predicted molar refractivity (Wildman–Crippen MR) is 65.8 cm³/mol. The van der Waals surface area contributed by atoms with E-state index in [9.17, 15) is 4.79 Å². The number of rotatable bonds is 5. The van der Waals surface area contributed by atoms with E-state index in [1.165, 1.54) is 0 Å². The quantitative estimate of drug-likeness (QED) is 0.632. The molecular formula is C11H16N2O2S. The van der Waals surface area contributed by atoms with Crippen molar-refractivity contribution in [2.75, 3.05) is 6.61 Å². The van der Waals surface area contributed by atoms with Gasteiger partial charge in [-0.1, -0.05) is 11.2 Å². The molecule has 0 radical (unpaired) electrons. The Hall–Kier alpha value is -1.36. The van der Waals surface area contributed by atoms with Crippen LogP contribution in [0.15, 0.2) is 22.7 Å². The zero-order valence-electron chi connectivity index (χ0n) is 9.69. The molecule has 1 rings (SSSR count). The van der Waals surface area contributed by atoms with E-state index in [0.717, 1.165) is 10.6 Å². The fourth-order valence-electron chi connectivity index (χ4n) is 1.08. The van der Waals surface area contributed by atoms with Crippen molar-refractivity contribution in [2.45, 2.75) is 26.8 Å². The van der Waals surface area contributed by atoms with E-state index in [-0.39, 0.29) is 18.6 Å². The summed E-state index contributed by atoms with van der Waals surface area (Å²) in [4.78, 5) is 17.2. The van der Waals surface area contributed by atoms with Gasteiger partial charge in [0, 0.05) is 6.04 Å². The molecule has 0 saturated carbocycles. The Kier molecular flexibility index (Phi) is 4.98. The van der Waals surface area contributed by atoms with Gasteiger partial charge in [0.25, 0.3) is 5.91 Å². The van der Waals surface area contributed by atoms with Crippen LogP contribution in [0.25, 0.3) is 0 Å². The Morgan fingerprint density at radius 1 is 1.62 bits per heavy atom. The van der Waals surface area contributed by atoms with E-state index in [2.05, 4.69) is 10.5 Å². The van der Waals surface area contributed by atoms with Gasteiger partial charge in [-0.2, -0.15) is 0 Å². The summed E-state index contributed by atoms with van der Waals surface area (Å²) in [5, 5.41) is 8.57. The summed E-state index contributed by atoms with van der Waals surface area (Å²) in [6.45, 7) is 5.61. The third kappa shape index (κ3) is 4.44. The lowest BCUT2D eigenvalue weighted by Gasteiger charge is -2.06. The maximum absolute atomic E-state index is 11.2. The number of nitrogens with one attached hydrogen (secondary N) is 1. The van der Waals surface area contributed by atoms with E-state index in [0.29, 0.717) is 0 Å². The number of hydrogen-bond donors (Lipinski definition) is 1. The Balaban J connectivity index is 2.34. The van der Waals surface area contributed by atoms with Crippen LogP contribution >= 0.6 is 11.3 Å². The highest BCUT2D eigenvalue weighted by atomic mass is 32.1. The fourth-order valence-corrected chi connectivity index (χ4v) is 1.75. The first-order valence-corrected chi connectivity index (χ1v) is 5.97. The first kappa shape index (κ1) is 12.7. The van der Waals surface area contributed by atoms with Gasteiger partial charge in [-0.25, -0.2) is 0 Å². The van der Waals surface area contributed by atoms with Gasteiger partial charge in [0.1, 0.15) is 0 Å². The summed E-state index contributed by atoms with van der Waals surface area (Å²) >= 11 is 1.59. The lowest BCUT2D eigenvalue weighted by molar-refractivity contribution is -0.126. The molecule has 1 aromatic heterocycles. The first-order chi connectivity index (χ1) is 7.59. The van der Waals surface area contributed by atoms with Gasteiger partial charge in [0.15, 0.2) is 6.61 Å². The molecule has 0 spiro atoms. The van der Waals surface area contributed by atoms with Crippen molar-refractivity contribution in [3.63, 3.8) is 0 Å². The number of hydrogen-bond acceptors (Lipinski definition) is 4. The van der Waals surface area contributed by atoms with E-state index in [1.807, 2.05) is 38.3 Å². The van der Waals surface area contributed by atoms with Gasteiger partial charge < -0.3 is 10.2 Å². The average Bonchev–Trinajstić information content (AvgIpc) is 2.68. The van der Waals surface area contributed by atoms with Crippen molar-refractivity contribution in [1.82, 2.24) is 5.32 Å². The highest BCUT2D eigenvalue weighted by Gasteiger charge is 2.03. The Bertz CT molecular complexity index is 358. The number of carbonyl (C=O) groups is 1. The molecule has 1 amide bonds. The monoisotopic (exact) mass is 240 g/mol. The van der Waals surface area contributed by atoms with Crippen LogP contribution in [0.5, 0.6) is 0 Å². The largest absolute Gasteiger partial charge is 0.385 e. The van der Waals surface area contributed by atoms with Crippen molar-refractivity contribution < 1.29 is 9.63 Å². The molecule has 0 aromatic carbocycles. The topological polar surface area (TPSA) is 50.7 Å². The van der Waals surface area contributed by atoms with Crippen molar-refractivity contribution in [1.29, 1.82) is 0 Å². The maximum atomic E-state index is 11.2. The standard InChI is InChI=1S/C11H16N2O2S/c1-8(2)12-11(14)7-15-13-9(3)10-5-4-6-16-10/h4-6,8H,7H2,1-3H3,(H,12,14)/b13-9+. The molecule has 88 valence electrons. The fraction of sp³-hybridized carbons (Fsp3) is 0.455. The molecule has 5 heteroatoms. The lowest BCUT2D eigenvalue weighted by atomic mass is 10.3. The van der Waals surface area contributed by atoms with Crippen LogP contribution in [0, 0.1) is 0 Å². The summed E-state index contributed by atoms with van der Waals surface area (Å²) in [5.41, 5.74) is 0.785. The minimum atomic E-state index is -0.155. The second kappa shape index (κ2) is 6.27. The van der Waals surface area contributed by atoms with Gasteiger partial charge >= 0.3 is 0 Å². The molecule has 1 N–H and O–H groups in total. The molecular weight excluding hydrogens is 224 g/mol. The van der Waals surface area contributed by atoms with Crippen molar-refractivity contribution in [3.8, 4) is 0 Å². The molecule has 0 unspecified atom stereocenters. The number of oxime groups is 1. The summed E-state index contributed by atoms with van der Waals surface area (Å²) in [7, 11) is 0. The van der Waals surface area contributed by atoms with Crippen LogP contribution < -0.4 is 5.32 Å². The molecule has 1 aromatic rings. The van der Waals surface area contributed by atoms with Crippen molar-refractivity contribution in [3.05, 3.63) is 22.4 Å². The molecule has 0 saturated heterocycles. The maximum Gasteiger partial charge on any atom is 0.260 e. The van der Waals surface area contributed by atoms with Gasteiger partial charge in [0.05, 0.1) is 10.6 Å². The molecule has 1 heterocycles. The molecule has 0 aliphatic carbocycles. The van der Waals surface area contributed by atoms with E-state index >= 15 is 0 Å². The first-order valence-electron chi connectivity index (χ1n) is 5.09. The van der Waals surface area contributed by atoms with Crippen LogP contribution in [0.3, 0.4) is 0 Å². The zero-order chi connectivity index (χ0) is 12.0. The number of carbonyl (C=O) groups excluding carboxylic acids is 1. The lowest BCUT2D eigenvalue weighted by Crippen LogP contribution is -2.32. The number of thiophene rings is 1. The SMILES string of the molecule is C/C(=N\OCC(=O)NC(C)C)c1cccs1. The summed E-state index contributed by atoms with van der Waals surface area (Å²) in [5.74, 6) is -0.155. The zero-order valence-corrected chi connectivity index (χ0v) is 10.5. The van der Waals surface area contributed by atoms with Crippen LogP contribution in [-0.2, 0) is 9.63 Å². The minimum Gasteiger partial charge on any atom is -0.385 e. The molecule has 0 bridgehead atoms. The average molecular weight is 240 g/mol. The normalized spacial score (nSPS) is 11.6. The van der Waals surface area contributed by atoms with Gasteiger partial charge in [-0.05, 0) is 32.2 Å². The second-order valence-electron chi connectivity index (χ2n) is 3.65. The van der Waals surface area contributed by atoms with Crippen LogP contribution in [0.2, 0.25) is 0 Å². The van der Waals surface area contributed by atoms with Crippen molar-refractivity contribution >= 4 is 23.0 Å². The van der Waals surface area contributed by atoms with E-state index in [1.54, 1.807) is 11.3 Å². The van der Waals surface area contributed by atoms with Gasteiger partial charge in [-0.15, -0.1) is 11.3 Å². The molecule has 0 aliphatic rings. The molecule has 4 nitrogen and oxygen atoms in total. The summed E-state index contributed by atoms with van der Waals surface area (Å²) in [6, 6.07) is 4.03. The number of amides is 1. The Morgan fingerprint density at radius 3 is 2.94 bits per heavy atom. The summed E-state index contributed by atoms with van der Waals surface area (Å²) in [6.07, 6.45) is 0. The highest BCUT2D eigenvalue weighted by Crippen LogP contribution is 2.09. The molecule has 0 aliphatic heterocycles. The Labute approximate surface area is 99.3 Å². The minimum absolute atomic E-state index is 0.0408. The third-order valence-electron chi connectivity index (χ3n) is 1.72. The highest BCUT2D eigenvalue weighted by molar-refractivity contribution is 7.12. The van der Waals surface area contributed by atoms with E-state index < -0.39 is 0 Å². The third-order valence-corrected chi connectivity index (χ3v) is 2.70. The van der Waals surface area contributed by atoms with Crippen molar-refractivity contribution in [2.24, 2.45) is 5.16 Å².